The number of hydrogen-bond acceptors (Lipinski definition) is 4. The van der Waals surface area contributed by atoms with Gasteiger partial charge in [-0.1, -0.05) is 18.2 Å². The molecule has 0 bridgehead atoms. The molecule has 2 unspecified atom stereocenters. The van der Waals surface area contributed by atoms with E-state index in [1.807, 2.05) is 48.8 Å². The number of ketones is 1. The third-order valence-electron chi connectivity index (χ3n) is 5.51. The fraction of sp³-hybridized carbons (Fsp3) is 0.333. The zero-order valence-electron chi connectivity index (χ0n) is 15.4. The number of likely N-dealkylation sites (tertiary alicyclic amines) is 1. The predicted octanol–water partition coefficient (Wildman–Crippen LogP) is 2.62. The molecule has 2 aromatic rings. The first-order valence-electron chi connectivity index (χ1n) is 9.13. The van der Waals surface area contributed by atoms with Crippen LogP contribution in [0.3, 0.4) is 0 Å². The van der Waals surface area contributed by atoms with Gasteiger partial charge in [-0.3, -0.25) is 19.3 Å². The fourth-order valence-electron chi connectivity index (χ4n) is 4.14. The fourth-order valence-corrected chi connectivity index (χ4v) is 4.14. The number of carbonyl (C=O) groups excluding carboxylic acids is 3. The number of pyridine rings is 1. The third kappa shape index (κ3) is 2.81. The molecular formula is C21H21N3O3. The quantitative estimate of drug-likeness (QED) is 0.476. The SMILES string of the molecule is Cc1cc(C(=O)CN2C(=O)C3CC=CCC3C2=O)c(C)n1-c1ccccn1. The zero-order chi connectivity index (χ0) is 19.1. The summed E-state index contributed by atoms with van der Waals surface area (Å²) in [5.41, 5.74) is 2.16. The summed E-state index contributed by atoms with van der Waals surface area (Å²) in [6.07, 6.45) is 6.74. The van der Waals surface area contributed by atoms with Gasteiger partial charge in [0.05, 0.1) is 18.4 Å². The van der Waals surface area contributed by atoms with Crippen molar-refractivity contribution in [3.05, 3.63) is 59.6 Å². The Hall–Kier alpha value is -3.02. The second kappa shape index (κ2) is 6.61. The smallest absolute Gasteiger partial charge is 0.233 e. The minimum Gasteiger partial charge on any atom is -0.302 e. The predicted molar refractivity (Wildman–Crippen MR) is 99.4 cm³/mol. The Labute approximate surface area is 157 Å². The van der Waals surface area contributed by atoms with Crippen LogP contribution in [0.5, 0.6) is 0 Å². The summed E-state index contributed by atoms with van der Waals surface area (Å²) >= 11 is 0. The first-order chi connectivity index (χ1) is 13.0. The van der Waals surface area contributed by atoms with Gasteiger partial charge in [0, 0.05) is 23.1 Å². The standard InChI is InChI=1S/C21H21N3O3/c1-13-11-17(14(2)24(13)19-9-5-6-10-22-19)18(25)12-23-20(26)15-7-3-4-8-16(15)21(23)27/h3-6,9-11,15-16H,7-8,12H2,1-2H3. The molecule has 1 saturated heterocycles. The molecule has 0 aromatic carbocycles. The average molecular weight is 363 g/mol. The molecule has 138 valence electrons. The number of carbonyl (C=O) groups is 3. The molecule has 1 aliphatic carbocycles. The van der Waals surface area contributed by atoms with Crippen molar-refractivity contribution in [2.75, 3.05) is 6.54 Å². The molecule has 2 aliphatic rings. The van der Waals surface area contributed by atoms with Gasteiger partial charge in [-0.25, -0.2) is 4.98 Å². The highest BCUT2D eigenvalue weighted by Crippen LogP contribution is 2.35. The minimum absolute atomic E-state index is 0.197. The van der Waals surface area contributed by atoms with Crippen LogP contribution in [0.2, 0.25) is 0 Å². The van der Waals surface area contributed by atoms with Crippen LogP contribution in [-0.2, 0) is 9.59 Å². The summed E-state index contributed by atoms with van der Waals surface area (Å²) in [6.45, 7) is 3.56. The molecule has 2 atom stereocenters. The summed E-state index contributed by atoms with van der Waals surface area (Å²) in [6, 6.07) is 7.40. The zero-order valence-corrected chi connectivity index (χ0v) is 15.4. The second-order valence-electron chi connectivity index (χ2n) is 7.15. The molecule has 4 rings (SSSR count). The topological polar surface area (TPSA) is 72.3 Å². The maximum absolute atomic E-state index is 12.9. The highest BCUT2D eigenvalue weighted by Gasteiger charge is 2.47. The summed E-state index contributed by atoms with van der Waals surface area (Å²) < 4.78 is 1.91. The third-order valence-corrected chi connectivity index (χ3v) is 5.51. The van der Waals surface area contributed by atoms with Gasteiger partial charge in [0.15, 0.2) is 5.78 Å². The van der Waals surface area contributed by atoms with Gasteiger partial charge >= 0.3 is 0 Å². The molecule has 2 amide bonds. The number of Topliss-reactive ketones (excluding diaryl/α,β-unsaturated/α-hetero) is 1. The maximum Gasteiger partial charge on any atom is 0.233 e. The highest BCUT2D eigenvalue weighted by atomic mass is 16.2. The molecule has 2 aromatic heterocycles. The van der Waals surface area contributed by atoms with Gasteiger partial charge in [-0.15, -0.1) is 0 Å². The number of fused-ring (bicyclic) bond motifs is 1. The molecule has 0 radical (unpaired) electrons. The van der Waals surface area contributed by atoms with Crippen molar-refractivity contribution >= 4 is 17.6 Å². The van der Waals surface area contributed by atoms with Gasteiger partial charge in [0.1, 0.15) is 5.82 Å². The van der Waals surface area contributed by atoms with Crippen molar-refractivity contribution < 1.29 is 14.4 Å². The van der Waals surface area contributed by atoms with Crippen molar-refractivity contribution in [3.63, 3.8) is 0 Å². The molecule has 0 saturated carbocycles. The molecule has 1 aliphatic heterocycles. The molecule has 1 fully saturated rings. The average Bonchev–Trinajstić information content (AvgIpc) is 3.11. The van der Waals surface area contributed by atoms with E-state index in [1.165, 1.54) is 0 Å². The number of amides is 2. The Morgan fingerprint density at radius 2 is 1.78 bits per heavy atom. The maximum atomic E-state index is 12.9. The minimum atomic E-state index is -0.309. The van der Waals surface area contributed by atoms with Crippen LogP contribution in [-0.4, -0.2) is 38.6 Å². The normalized spacial score (nSPS) is 21.6. The number of hydrogen-bond donors (Lipinski definition) is 0. The lowest BCUT2D eigenvalue weighted by atomic mass is 9.85. The Balaban J connectivity index is 1.60. The Morgan fingerprint density at radius 3 is 2.37 bits per heavy atom. The van der Waals surface area contributed by atoms with E-state index in [1.54, 1.807) is 12.3 Å². The molecule has 0 N–H and O–H groups in total. The Morgan fingerprint density at radius 1 is 1.11 bits per heavy atom. The van der Waals surface area contributed by atoms with Gasteiger partial charge in [-0.2, -0.15) is 0 Å². The van der Waals surface area contributed by atoms with Crippen LogP contribution in [0.25, 0.3) is 5.82 Å². The van der Waals surface area contributed by atoms with Gasteiger partial charge in [0.25, 0.3) is 0 Å². The van der Waals surface area contributed by atoms with E-state index in [9.17, 15) is 14.4 Å². The monoisotopic (exact) mass is 363 g/mol. The van der Waals surface area contributed by atoms with Crippen molar-refractivity contribution in [2.24, 2.45) is 11.8 Å². The van der Waals surface area contributed by atoms with E-state index in [0.29, 0.717) is 18.4 Å². The first-order valence-corrected chi connectivity index (χ1v) is 9.13. The molecule has 27 heavy (non-hydrogen) atoms. The van der Waals surface area contributed by atoms with Crippen LogP contribution in [0.15, 0.2) is 42.6 Å². The molecule has 0 spiro atoms. The van der Waals surface area contributed by atoms with Crippen LogP contribution in [0.4, 0.5) is 0 Å². The van der Waals surface area contributed by atoms with E-state index >= 15 is 0 Å². The van der Waals surface area contributed by atoms with Crippen molar-refractivity contribution in [1.82, 2.24) is 14.5 Å². The van der Waals surface area contributed by atoms with E-state index in [-0.39, 0.29) is 36.0 Å². The van der Waals surface area contributed by atoms with Gasteiger partial charge < -0.3 is 4.57 Å². The molecule has 6 nitrogen and oxygen atoms in total. The van der Waals surface area contributed by atoms with Crippen LogP contribution >= 0.6 is 0 Å². The number of aromatic nitrogens is 2. The van der Waals surface area contributed by atoms with Crippen LogP contribution < -0.4 is 0 Å². The number of rotatable bonds is 4. The summed E-state index contributed by atoms with van der Waals surface area (Å²) in [7, 11) is 0. The van der Waals surface area contributed by atoms with E-state index in [0.717, 1.165) is 22.1 Å². The van der Waals surface area contributed by atoms with Crippen LogP contribution in [0.1, 0.15) is 34.6 Å². The van der Waals surface area contributed by atoms with Crippen molar-refractivity contribution in [1.29, 1.82) is 0 Å². The van der Waals surface area contributed by atoms with E-state index in [4.69, 9.17) is 0 Å². The lowest BCUT2D eigenvalue weighted by Crippen LogP contribution is -2.36. The molecule has 3 heterocycles. The summed E-state index contributed by atoms with van der Waals surface area (Å²) in [4.78, 5) is 43.6. The number of imide groups is 1. The highest BCUT2D eigenvalue weighted by molar-refractivity contribution is 6.10. The van der Waals surface area contributed by atoms with E-state index < -0.39 is 0 Å². The number of allylic oxidation sites excluding steroid dienone is 2. The lowest BCUT2D eigenvalue weighted by molar-refractivity contribution is -0.139. The Bertz CT molecular complexity index is 933. The van der Waals surface area contributed by atoms with Gasteiger partial charge in [0.2, 0.25) is 11.8 Å². The van der Waals surface area contributed by atoms with Gasteiger partial charge in [-0.05, 0) is 44.9 Å². The Kier molecular flexibility index (Phi) is 4.26. The summed E-state index contributed by atoms with van der Waals surface area (Å²) in [5.74, 6) is -0.550. The van der Waals surface area contributed by atoms with Crippen molar-refractivity contribution in [2.45, 2.75) is 26.7 Å². The van der Waals surface area contributed by atoms with Crippen LogP contribution in [0, 0.1) is 25.7 Å². The first kappa shape index (κ1) is 17.4. The van der Waals surface area contributed by atoms with E-state index in [2.05, 4.69) is 4.98 Å². The lowest BCUT2D eigenvalue weighted by Gasteiger charge is -2.14. The molecular weight excluding hydrogens is 342 g/mol. The largest absolute Gasteiger partial charge is 0.302 e. The molecule has 6 heteroatoms. The number of aryl methyl sites for hydroxylation is 1. The van der Waals surface area contributed by atoms with Crippen molar-refractivity contribution in [3.8, 4) is 5.82 Å². The second-order valence-corrected chi connectivity index (χ2v) is 7.15. The summed E-state index contributed by atoms with van der Waals surface area (Å²) in [5, 5.41) is 0. The number of nitrogens with zero attached hydrogens (tertiary/aromatic N) is 3.